The fourth-order valence-electron chi connectivity index (χ4n) is 2.82. The lowest BCUT2D eigenvalue weighted by Crippen LogP contribution is -2.22. The number of benzene rings is 1. The van der Waals surface area contributed by atoms with Crippen LogP contribution in [0, 0.1) is 5.92 Å². The fourth-order valence-corrected chi connectivity index (χ4v) is 3.46. The molecular weight excluding hydrogens is 286 g/mol. The van der Waals surface area contributed by atoms with Gasteiger partial charge in [-0.15, -0.1) is 0 Å². The molecule has 1 fully saturated rings. The van der Waals surface area contributed by atoms with Crippen LogP contribution in [-0.2, 0) is 6.42 Å². The predicted octanol–water partition coefficient (Wildman–Crippen LogP) is 4.12. The third kappa shape index (κ3) is 4.74. The number of hydrogen-bond donors (Lipinski definition) is 0. The molecule has 1 aliphatic heterocycles. The van der Waals surface area contributed by atoms with Crippen molar-refractivity contribution in [3.8, 4) is 0 Å². The number of halogens is 1. The summed E-state index contributed by atoms with van der Waals surface area (Å²) in [4.78, 5) is 2.65. The summed E-state index contributed by atoms with van der Waals surface area (Å²) in [6.07, 6.45) is 6.66. The average molecular weight is 310 g/mol. The second-order valence-corrected chi connectivity index (χ2v) is 6.17. The SMILES string of the molecule is BrCCC1CCN(CCCCc2ccccc2)C1. The van der Waals surface area contributed by atoms with E-state index in [-0.39, 0.29) is 0 Å². The predicted molar refractivity (Wildman–Crippen MR) is 82.3 cm³/mol. The molecule has 1 heterocycles. The highest BCUT2D eigenvalue weighted by atomic mass is 79.9. The highest BCUT2D eigenvalue weighted by Crippen LogP contribution is 2.20. The van der Waals surface area contributed by atoms with Crippen LogP contribution in [0.15, 0.2) is 30.3 Å². The molecule has 0 radical (unpaired) electrons. The molecule has 0 amide bonds. The lowest BCUT2D eigenvalue weighted by molar-refractivity contribution is 0.315. The van der Waals surface area contributed by atoms with Gasteiger partial charge in [-0.3, -0.25) is 0 Å². The molecule has 100 valence electrons. The summed E-state index contributed by atoms with van der Waals surface area (Å²) in [6.45, 7) is 3.95. The number of unbranched alkanes of at least 4 members (excludes halogenated alkanes) is 1. The minimum atomic E-state index is 0.943. The molecule has 1 nitrogen and oxygen atoms in total. The van der Waals surface area contributed by atoms with Crippen molar-refractivity contribution in [2.24, 2.45) is 5.92 Å². The van der Waals surface area contributed by atoms with E-state index in [9.17, 15) is 0 Å². The van der Waals surface area contributed by atoms with Crippen LogP contribution in [-0.4, -0.2) is 29.9 Å². The Balaban J connectivity index is 1.56. The number of nitrogens with zero attached hydrogens (tertiary/aromatic N) is 1. The van der Waals surface area contributed by atoms with E-state index in [1.165, 1.54) is 62.6 Å². The van der Waals surface area contributed by atoms with Gasteiger partial charge < -0.3 is 4.90 Å². The van der Waals surface area contributed by atoms with Crippen molar-refractivity contribution in [3.63, 3.8) is 0 Å². The Morgan fingerprint density at radius 1 is 1.17 bits per heavy atom. The van der Waals surface area contributed by atoms with Gasteiger partial charge in [-0.1, -0.05) is 46.3 Å². The number of likely N-dealkylation sites (tertiary alicyclic amines) is 1. The lowest BCUT2D eigenvalue weighted by Gasteiger charge is -2.15. The summed E-state index contributed by atoms with van der Waals surface area (Å²) >= 11 is 3.55. The van der Waals surface area contributed by atoms with Gasteiger partial charge in [0.1, 0.15) is 0 Å². The van der Waals surface area contributed by atoms with E-state index in [1.807, 2.05) is 0 Å². The Morgan fingerprint density at radius 2 is 2.00 bits per heavy atom. The minimum Gasteiger partial charge on any atom is -0.303 e. The molecule has 0 bridgehead atoms. The zero-order chi connectivity index (χ0) is 12.6. The number of alkyl halides is 1. The first-order valence-electron chi connectivity index (χ1n) is 7.20. The monoisotopic (exact) mass is 309 g/mol. The number of aryl methyl sites for hydroxylation is 1. The van der Waals surface area contributed by atoms with Gasteiger partial charge in [0.15, 0.2) is 0 Å². The first kappa shape index (κ1) is 14.1. The molecular formula is C16H24BrN. The van der Waals surface area contributed by atoms with Crippen LogP contribution in [0.4, 0.5) is 0 Å². The van der Waals surface area contributed by atoms with Gasteiger partial charge >= 0.3 is 0 Å². The van der Waals surface area contributed by atoms with Crippen molar-refractivity contribution in [1.29, 1.82) is 0 Å². The third-order valence-electron chi connectivity index (χ3n) is 3.92. The molecule has 2 rings (SSSR count). The molecule has 0 aliphatic carbocycles. The molecule has 1 atom stereocenters. The van der Waals surface area contributed by atoms with Crippen LogP contribution < -0.4 is 0 Å². The van der Waals surface area contributed by atoms with Crippen molar-refractivity contribution in [3.05, 3.63) is 35.9 Å². The van der Waals surface area contributed by atoms with Crippen molar-refractivity contribution in [2.45, 2.75) is 32.1 Å². The van der Waals surface area contributed by atoms with Crippen molar-refractivity contribution in [2.75, 3.05) is 25.0 Å². The fraction of sp³-hybridized carbons (Fsp3) is 0.625. The van der Waals surface area contributed by atoms with Crippen LogP contribution in [0.3, 0.4) is 0 Å². The first-order valence-corrected chi connectivity index (χ1v) is 8.33. The third-order valence-corrected chi connectivity index (χ3v) is 4.38. The molecule has 1 saturated heterocycles. The van der Waals surface area contributed by atoms with E-state index in [0.29, 0.717) is 0 Å². The second kappa shape index (κ2) is 7.96. The van der Waals surface area contributed by atoms with E-state index >= 15 is 0 Å². The van der Waals surface area contributed by atoms with Gasteiger partial charge in [0.05, 0.1) is 0 Å². The quantitative estimate of drug-likeness (QED) is 0.541. The van der Waals surface area contributed by atoms with Crippen molar-refractivity contribution >= 4 is 15.9 Å². The van der Waals surface area contributed by atoms with E-state index in [2.05, 4.69) is 51.2 Å². The smallest absolute Gasteiger partial charge is 0.00344 e. The Labute approximate surface area is 120 Å². The first-order chi connectivity index (χ1) is 8.88. The largest absolute Gasteiger partial charge is 0.303 e. The minimum absolute atomic E-state index is 0.943. The standard InChI is InChI=1S/C16H24BrN/c17-11-9-16-10-13-18(14-16)12-5-4-8-15-6-2-1-3-7-15/h1-3,6-7,16H,4-5,8-14H2. The Kier molecular flexibility index (Phi) is 6.22. The molecule has 1 unspecified atom stereocenters. The van der Waals surface area contributed by atoms with Crippen LogP contribution in [0.2, 0.25) is 0 Å². The summed E-state index contributed by atoms with van der Waals surface area (Å²) in [5, 5.41) is 1.17. The topological polar surface area (TPSA) is 3.24 Å². The molecule has 0 N–H and O–H groups in total. The summed E-state index contributed by atoms with van der Waals surface area (Å²) in [5.74, 6) is 0.943. The van der Waals surface area contributed by atoms with Crippen LogP contribution in [0.5, 0.6) is 0 Å². The molecule has 0 saturated carbocycles. The maximum absolute atomic E-state index is 3.55. The normalized spacial score (nSPS) is 20.4. The van der Waals surface area contributed by atoms with Crippen LogP contribution >= 0.6 is 15.9 Å². The van der Waals surface area contributed by atoms with Crippen molar-refractivity contribution < 1.29 is 0 Å². The molecule has 0 spiro atoms. The molecule has 2 heteroatoms. The van der Waals surface area contributed by atoms with E-state index in [1.54, 1.807) is 0 Å². The maximum atomic E-state index is 3.55. The molecule has 1 aromatic carbocycles. The van der Waals surface area contributed by atoms with Gasteiger partial charge in [-0.2, -0.15) is 0 Å². The zero-order valence-corrected chi connectivity index (χ0v) is 12.7. The second-order valence-electron chi connectivity index (χ2n) is 5.38. The van der Waals surface area contributed by atoms with Gasteiger partial charge in [-0.05, 0) is 56.7 Å². The van der Waals surface area contributed by atoms with E-state index in [0.717, 1.165) is 5.92 Å². The van der Waals surface area contributed by atoms with Crippen molar-refractivity contribution in [1.82, 2.24) is 4.90 Å². The van der Waals surface area contributed by atoms with Gasteiger partial charge in [-0.25, -0.2) is 0 Å². The molecule has 1 aliphatic rings. The molecule has 0 aromatic heterocycles. The Morgan fingerprint density at radius 3 is 2.78 bits per heavy atom. The molecule has 1 aromatic rings. The van der Waals surface area contributed by atoms with Gasteiger partial charge in [0.2, 0.25) is 0 Å². The van der Waals surface area contributed by atoms with Crippen LogP contribution in [0.1, 0.15) is 31.2 Å². The summed E-state index contributed by atoms with van der Waals surface area (Å²) in [7, 11) is 0. The zero-order valence-electron chi connectivity index (χ0n) is 11.2. The summed E-state index contributed by atoms with van der Waals surface area (Å²) in [5.41, 5.74) is 1.48. The average Bonchev–Trinajstić information content (AvgIpc) is 2.84. The van der Waals surface area contributed by atoms with E-state index in [4.69, 9.17) is 0 Å². The lowest BCUT2D eigenvalue weighted by atomic mass is 10.1. The van der Waals surface area contributed by atoms with Gasteiger partial charge in [0.25, 0.3) is 0 Å². The van der Waals surface area contributed by atoms with Gasteiger partial charge in [0, 0.05) is 11.9 Å². The maximum Gasteiger partial charge on any atom is 0.00344 e. The number of hydrogen-bond acceptors (Lipinski definition) is 1. The van der Waals surface area contributed by atoms with Crippen LogP contribution in [0.25, 0.3) is 0 Å². The Bertz CT molecular complexity index is 325. The highest BCUT2D eigenvalue weighted by Gasteiger charge is 2.20. The highest BCUT2D eigenvalue weighted by molar-refractivity contribution is 9.09. The molecule has 18 heavy (non-hydrogen) atoms. The number of rotatable bonds is 7. The summed E-state index contributed by atoms with van der Waals surface area (Å²) in [6, 6.07) is 10.9. The van der Waals surface area contributed by atoms with E-state index < -0.39 is 0 Å². The summed E-state index contributed by atoms with van der Waals surface area (Å²) < 4.78 is 0. The Hall–Kier alpha value is -0.340.